The van der Waals surface area contributed by atoms with Gasteiger partial charge in [-0.15, -0.1) is 0 Å². The zero-order chi connectivity index (χ0) is 10.6. The van der Waals surface area contributed by atoms with Crippen molar-refractivity contribution < 1.29 is 8.42 Å². The Bertz CT molecular complexity index is 258. The summed E-state index contributed by atoms with van der Waals surface area (Å²) in [5.74, 6) is 0.260. The van der Waals surface area contributed by atoms with E-state index in [0.717, 1.165) is 13.1 Å². The molecule has 1 heterocycles. The van der Waals surface area contributed by atoms with Gasteiger partial charge in [0.1, 0.15) is 9.84 Å². The zero-order valence-corrected chi connectivity index (χ0v) is 9.81. The van der Waals surface area contributed by atoms with Gasteiger partial charge >= 0.3 is 0 Å². The van der Waals surface area contributed by atoms with E-state index in [-0.39, 0.29) is 5.75 Å². The van der Waals surface area contributed by atoms with E-state index in [0.29, 0.717) is 12.6 Å². The van der Waals surface area contributed by atoms with Gasteiger partial charge in [-0.1, -0.05) is 0 Å². The molecule has 1 aliphatic heterocycles. The highest BCUT2D eigenvalue weighted by Crippen LogP contribution is 2.05. The molecule has 0 aromatic heterocycles. The average molecular weight is 220 g/mol. The van der Waals surface area contributed by atoms with Gasteiger partial charge in [-0.2, -0.15) is 0 Å². The Morgan fingerprint density at radius 2 is 2.21 bits per heavy atom. The maximum Gasteiger partial charge on any atom is 0.148 e. The quantitative estimate of drug-likeness (QED) is 0.692. The predicted molar refractivity (Wildman–Crippen MR) is 58.2 cm³/mol. The third kappa shape index (κ3) is 4.93. The van der Waals surface area contributed by atoms with Gasteiger partial charge in [-0.3, -0.25) is 0 Å². The van der Waals surface area contributed by atoms with Crippen molar-refractivity contribution in [3.8, 4) is 0 Å². The van der Waals surface area contributed by atoms with Crippen LogP contribution in [0.5, 0.6) is 0 Å². The molecule has 0 saturated carbocycles. The first-order chi connectivity index (χ1) is 6.47. The van der Waals surface area contributed by atoms with Crippen molar-refractivity contribution in [3.05, 3.63) is 0 Å². The van der Waals surface area contributed by atoms with Crippen LogP contribution in [0.1, 0.15) is 12.8 Å². The van der Waals surface area contributed by atoms with E-state index in [9.17, 15) is 8.42 Å². The third-order valence-corrected chi connectivity index (χ3v) is 3.46. The van der Waals surface area contributed by atoms with Crippen molar-refractivity contribution >= 4 is 9.84 Å². The minimum absolute atomic E-state index is 0.260. The van der Waals surface area contributed by atoms with Crippen LogP contribution in [0.2, 0.25) is 0 Å². The van der Waals surface area contributed by atoms with Crippen LogP contribution in [-0.2, 0) is 9.84 Å². The summed E-state index contributed by atoms with van der Waals surface area (Å²) in [5, 5.41) is 3.39. The van der Waals surface area contributed by atoms with Gasteiger partial charge in [-0.25, -0.2) is 8.42 Å². The molecule has 5 heteroatoms. The lowest BCUT2D eigenvalue weighted by atomic mass is 10.2. The standard InChI is InChI=1S/C9H20N2O2S/c1-11(6-7-14(2,12)13)8-9-4-3-5-10-9/h9-10H,3-8H2,1-2H3/t9-/m1/s1. The Balaban J connectivity index is 2.18. The molecule has 0 aromatic rings. The first kappa shape index (κ1) is 11.9. The summed E-state index contributed by atoms with van der Waals surface area (Å²) in [6, 6.07) is 0.555. The molecule has 0 radical (unpaired) electrons. The Kier molecular flexibility index (Phi) is 4.34. The van der Waals surface area contributed by atoms with Crippen molar-refractivity contribution in [3.63, 3.8) is 0 Å². The summed E-state index contributed by atoms with van der Waals surface area (Å²) in [4.78, 5) is 2.09. The number of hydrogen-bond donors (Lipinski definition) is 1. The maximum atomic E-state index is 10.9. The molecule has 1 rings (SSSR count). The van der Waals surface area contributed by atoms with E-state index >= 15 is 0 Å². The largest absolute Gasteiger partial charge is 0.313 e. The van der Waals surface area contributed by atoms with Crippen molar-refractivity contribution in [2.24, 2.45) is 0 Å². The average Bonchev–Trinajstić information content (AvgIpc) is 2.52. The first-order valence-corrected chi connectivity index (χ1v) is 7.13. The van der Waals surface area contributed by atoms with Crippen LogP contribution < -0.4 is 5.32 Å². The lowest BCUT2D eigenvalue weighted by Gasteiger charge is -2.20. The van der Waals surface area contributed by atoms with Gasteiger partial charge in [0.05, 0.1) is 5.75 Å². The van der Waals surface area contributed by atoms with Gasteiger partial charge in [0.25, 0.3) is 0 Å². The molecular weight excluding hydrogens is 200 g/mol. The van der Waals surface area contributed by atoms with Gasteiger partial charge in [0.15, 0.2) is 0 Å². The second-order valence-electron chi connectivity index (χ2n) is 4.19. The Hall–Kier alpha value is -0.130. The predicted octanol–water partition coefficient (Wildman–Crippen LogP) is -0.285. The third-order valence-electron chi connectivity index (χ3n) is 2.54. The highest BCUT2D eigenvalue weighted by Gasteiger charge is 2.16. The van der Waals surface area contributed by atoms with Crippen LogP contribution in [0.15, 0.2) is 0 Å². The topological polar surface area (TPSA) is 49.4 Å². The summed E-state index contributed by atoms with van der Waals surface area (Å²) in [5.41, 5.74) is 0. The highest BCUT2D eigenvalue weighted by molar-refractivity contribution is 7.90. The molecule has 4 nitrogen and oxygen atoms in total. The first-order valence-electron chi connectivity index (χ1n) is 5.07. The lowest BCUT2D eigenvalue weighted by molar-refractivity contribution is 0.315. The van der Waals surface area contributed by atoms with Crippen molar-refractivity contribution in [1.82, 2.24) is 10.2 Å². The summed E-state index contributed by atoms with van der Waals surface area (Å²) < 4.78 is 21.9. The second kappa shape index (κ2) is 5.09. The minimum Gasteiger partial charge on any atom is -0.313 e. The van der Waals surface area contributed by atoms with Gasteiger partial charge in [-0.05, 0) is 26.4 Å². The lowest BCUT2D eigenvalue weighted by Crippen LogP contribution is -2.37. The monoisotopic (exact) mass is 220 g/mol. The number of sulfone groups is 1. The normalized spacial score (nSPS) is 23.2. The molecule has 1 fully saturated rings. The van der Waals surface area contributed by atoms with E-state index in [1.807, 2.05) is 7.05 Å². The molecule has 84 valence electrons. The molecule has 1 saturated heterocycles. The van der Waals surface area contributed by atoms with Crippen LogP contribution in [-0.4, -0.2) is 58.1 Å². The zero-order valence-electron chi connectivity index (χ0n) is 8.99. The van der Waals surface area contributed by atoms with Gasteiger partial charge in [0, 0.05) is 25.4 Å². The van der Waals surface area contributed by atoms with Gasteiger partial charge in [0.2, 0.25) is 0 Å². The fourth-order valence-electron chi connectivity index (χ4n) is 1.70. The number of likely N-dealkylation sites (N-methyl/N-ethyl adjacent to an activating group) is 1. The van der Waals surface area contributed by atoms with Crippen molar-refractivity contribution in [1.29, 1.82) is 0 Å². The molecule has 0 spiro atoms. The number of rotatable bonds is 5. The van der Waals surface area contributed by atoms with Crippen LogP contribution in [0, 0.1) is 0 Å². The van der Waals surface area contributed by atoms with E-state index < -0.39 is 9.84 Å². The van der Waals surface area contributed by atoms with E-state index in [4.69, 9.17) is 0 Å². The minimum atomic E-state index is -2.81. The van der Waals surface area contributed by atoms with Crippen LogP contribution >= 0.6 is 0 Å². The van der Waals surface area contributed by atoms with Crippen LogP contribution in [0.25, 0.3) is 0 Å². The smallest absolute Gasteiger partial charge is 0.148 e. The van der Waals surface area contributed by atoms with E-state index in [1.54, 1.807) is 0 Å². The Morgan fingerprint density at radius 3 is 2.71 bits per heavy atom. The highest BCUT2D eigenvalue weighted by atomic mass is 32.2. The molecule has 0 aromatic carbocycles. The fraction of sp³-hybridized carbons (Fsp3) is 1.00. The molecule has 1 aliphatic rings. The Morgan fingerprint density at radius 1 is 1.50 bits per heavy atom. The number of nitrogens with zero attached hydrogens (tertiary/aromatic N) is 1. The van der Waals surface area contributed by atoms with E-state index in [2.05, 4.69) is 10.2 Å². The molecule has 0 unspecified atom stereocenters. The van der Waals surface area contributed by atoms with Crippen molar-refractivity contribution in [2.45, 2.75) is 18.9 Å². The molecule has 1 N–H and O–H groups in total. The molecule has 0 bridgehead atoms. The molecular formula is C9H20N2O2S. The summed E-state index contributed by atoms with van der Waals surface area (Å²) in [6.07, 6.45) is 3.74. The second-order valence-corrected chi connectivity index (χ2v) is 6.45. The van der Waals surface area contributed by atoms with Gasteiger partial charge < -0.3 is 10.2 Å². The number of nitrogens with one attached hydrogen (secondary N) is 1. The Labute approximate surface area is 86.6 Å². The molecule has 1 atom stereocenters. The molecule has 0 amide bonds. The molecule has 14 heavy (non-hydrogen) atoms. The fourth-order valence-corrected chi connectivity index (χ4v) is 2.35. The number of hydrogen-bond acceptors (Lipinski definition) is 4. The summed E-state index contributed by atoms with van der Waals surface area (Å²) in [7, 11) is -0.838. The van der Waals surface area contributed by atoms with Crippen LogP contribution in [0.3, 0.4) is 0 Å². The van der Waals surface area contributed by atoms with Crippen LogP contribution in [0.4, 0.5) is 0 Å². The van der Waals surface area contributed by atoms with Crippen molar-refractivity contribution in [2.75, 3.05) is 38.7 Å². The summed E-state index contributed by atoms with van der Waals surface area (Å²) >= 11 is 0. The molecule has 0 aliphatic carbocycles. The maximum absolute atomic E-state index is 10.9. The summed E-state index contributed by atoms with van der Waals surface area (Å²) in [6.45, 7) is 2.69. The SMILES string of the molecule is CN(CCS(C)(=O)=O)C[C@H]1CCCN1. The van der Waals surface area contributed by atoms with E-state index in [1.165, 1.54) is 19.1 Å².